The minimum atomic E-state index is -0.547. The van der Waals surface area contributed by atoms with Gasteiger partial charge in [-0.3, -0.25) is 24.0 Å². The predicted octanol–water partition coefficient (Wildman–Crippen LogP) is 3.55. The molecule has 0 spiro atoms. The van der Waals surface area contributed by atoms with E-state index in [0.29, 0.717) is 197 Å². The molecule has 0 fully saturated rings. The maximum atomic E-state index is 13.4. The van der Waals surface area contributed by atoms with Crippen LogP contribution in [-0.2, 0) is 92.0 Å². The van der Waals surface area contributed by atoms with E-state index < -0.39 is 5.92 Å². The maximum Gasteiger partial charge on any atom is 0.223 e. The van der Waals surface area contributed by atoms with Crippen molar-refractivity contribution in [3.05, 3.63) is 48.0 Å². The summed E-state index contributed by atoms with van der Waals surface area (Å²) in [4.78, 5) is 66.0. The summed E-state index contributed by atoms with van der Waals surface area (Å²) < 4.78 is 71.0. The molecule has 79 heavy (non-hydrogen) atoms. The van der Waals surface area contributed by atoms with Crippen LogP contribution in [0.25, 0.3) is 10.8 Å². The third-order valence-corrected chi connectivity index (χ3v) is 11.3. The van der Waals surface area contributed by atoms with Crippen LogP contribution in [0.4, 0.5) is 0 Å². The molecule has 0 saturated heterocycles. The summed E-state index contributed by atoms with van der Waals surface area (Å²) in [5.41, 5.74) is 0.892. The van der Waals surface area contributed by atoms with Gasteiger partial charge < -0.3 is 77.5 Å². The molecule has 0 bridgehead atoms. The van der Waals surface area contributed by atoms with Gasteiger partial charge in [0.2, 0.25) is 17.7 Å². The second-order valence-electron chi connectivity index (χ2n) is 17.7. The third kappa shape index (κ3) is 45.1. The lowest BCUT2D eigenvalue weighted by atomic mass is 9.92. The van der Waals surface area contributed by atoms with Crippen LogP contribution >= 0.6 is 12.2 Å². The fourth-order valence-corrected chi connectivity index (χ4v) is 7.12. The Morgan fingerprint density at radius 3 is 1.35 bits per heavy atom. The Balaban J connectivity index is 1.46. The third-order valence-electron chi connectivity index (χ3n) is 11.2. The van der Waals surface area contributed by atoms with E-state index in [9.17, 15) is 24.0 Å². The molecule has 3 amide bonds. The highest BCUT2D eigenvalue weighted by atomic mass is 32.1. The van der Waals surface area contributed by atoms with Crippen molar-refractivity contribution >= 4 is 57.4 Å². The Morgan fingerprint density at radius 1 is 0.468 bits per heavy atom. The lowest BCUT2D eigenvalue weighted by molar-refractivity contribution is -0.129. The number of fused-ring (bicyclic) bond motifs is 1. The Bertz CT molecular complexity index is 1910. The smallest absolute Gasteiger partial charge is 0.223 e. The molecular weight excluding hydrogens is 1050 g/mol. The fourth-order valence-electron chi connectivity index (χ4n) is 7.03. The number of nitrogens with one attached hydrogen (secondary N) is 3. The molecule has 0 aliphatic heterocycles. The molecule has 2 aromatic rings. The number of unbranched alkanes of at least 4 members (excludes halogenated alkanes) is 1. The second-order valence-corrected chi connectivity index (χ2v) is 17.9. The second kappa shape index (κ2) is 53.1. The van der Waals surface area contributed by atoms with Crippen molar-refractivity contribution in [1.29, 1.82) is 0 Å². The normalized spacial score (nSPS) is 11.6. The first-order valence-electron chi connectivity index (χ1n) is 27.6. The number of carbonyl (C=O) groups excluding carboxylic acids is 5. The van der Waals surface area contributed by atoms with Crippen LogP contribution in [0.2, 0.25) is 0 Å². The first kappa shape index (κ1) is 70.8. The SMILES string of the molecule is CC(=O)CCOCCOCCOCCOCCOCCOCCOCCOCCNC(=O)CCOCCNC(=O)C(CCCCNC(=O)CCOCCOCCOCCOCCN=C=S)CC(=O)Cc1ccc2ccccc2c1. The summed E-state index contributed by atoms with van der Waals surface area (Å²) in [5.74, 6) is -1.02. The van der Waals surface area contributed by atoms with Crippen molar-refractivity contribution in [2.75, 3.05) is 198 Å². The van der Waals surface area contributed by atoms with Crippen molar-refractivity contribution in [1.82, 2.24) is 16.0 Å². The zero-order valence-corrected chi connectivity index (χ0v) is 47.5. The van der Waals surface area contributed by atoms with Crippen LogP contribution in [0, 0.1) is 5.92 Å². The first-order chi connectivity index (χ1) is 38.8. The van der Waals surface area contributed by atoms with Crippen LogP contribution in [0.5, 0.6) is 0 Å². The maximum absolute atomic E-state index is 13.4. The molecule has 0 aromatic heterocycles. The Labute approximate surface area is 472 Å². The largest absolute Gasteiger partial charge is 0.379 e. The number of ketones is 2. The van der Waals surface area contributed by atoms with Gasteiger partial charge in [0.25, 0.3) is 0 Å². The summed E-state index contributed by atoms with van der Waals surface area (Å²) in [6.45, 7) is 13.7. The number of ether oxygens (including phenoxy) is 13. The highest BCUT2D eigenvalue weighted by Crippen LogP contribution is 2.19. The number of carbonyl (C=O) groups is 5. The molecule has 1 atom stereocenters. The molecule has 23 heteroatoms. The number of hydrogen-bond donors (Lipinski definition) is 3. The summed E-state index contributed by atoms with van der Waals surface area (Å²) in [7, 11) is 0. The zero-order chi connectivity index (χ0) is 56.7. The van der Waals surface area contributed by atoms with E-state index in [1.807, 2.05) is 42.5 Å². The molecule has 2 rings (SSSR count). The summed E-state index contributed by atoms with van der Waals surface area (Å²) >= 11 is 4.50. The van der Waals surface area contributed by atoms with Gasteiger partial charge >= 0.3 is 0 Å². The summed E-state index contributed by atoms with van der Waals surface area (Å²) in [6, 6.07) is 13.9. The van der Waals surface area contributed by atoms with Gasteiger partial charge in [-0.25, -0.2) is 4.99 Å². The minimum Gasteiger partial charge on any atom is -0.379 e. The fraction of sp³-hybridized carbons (Fsp3) is 0.714. The van der Waals surface area contributed by atoms with Crippen LogP contribution in [-0.4, -0.2) is 232 Å². The Hall–Kier alpha value is -4.27. The standard InChI is InChI=1S/C56H90N4O18S/c1-48(61)11-18-67-24-28-71-33-36-75-38-40-77-42-43-78-41-39-76-37-35-74-31-27-70-22-16-59-55(64)12-19-66-23-17-60-56(65)52(46-53(62)45-49-9-10-50-6-2-3-7-51(50)44-49)8-4-5-14-58-54(63)13-20-68-25-29-72-32-34-73-30-26-69-21-15-57-47-79/h2-3,6-7,9-10,44,52H,4-5,8,11-43,45-46H2,1H3,(H,58,63)(H,59,64)(H,60,65). The number of aliphatic imine (C=N–C) groups is 1. The number of thiocarbonyl (C=S) groups is 1. The first-order valence-corrected chi connectivity index (χ1v) is 28.0. The lowest BCUT2D eigenvalue weighted by Crippen LogP contribution is -2.35. The van der Waals surface area contributed by atoms with Gasteiger partial charge in [0.05, 0.1) is 183 Å². The van der Waals surface area contributed by atoms with E-state index in [2.05, 4.69) is 38.3 Å². The van der Waals surface area contributed by atoms with Gasteiger partial charge in [-0.15, -0.1) is 0 Å². The van der Waals surface area contributed by atoms with Crippen LogP contribution in [0.1, 0.15) is 57.4 Å². The number of hydrogen-bond acceptors (Lipinski definition) is 20. The van der Waals surface area contributed by atoms with Gasteiger partial charge in [0.15, 0.2) is 0 Å². The van der Waals surface area contributed by atoms with Crippen molar-refractivity contribution < 1.29 is 85.6 Å². The number of isothiocyanates is 1. The van der Waals surface area contributed by atoms with Crippen LogP contribution < -0.4 is 16.0 Å². The molecule has 448 valence electrons. The average Bonchev–Trinajstić information content (AvgIpc) is 3.45. The number of benzene rings is 2. The van der Waals surface area contributed by atoms with Crippen molar-refractivity contribution in [3.63, 3.8) is 0 Å². The van der Waals surface area contributed by atoms with Gasteiger partial charge in [-0.2, -0.15) is 0 Å². The molecule has 0 aliphatic carbocycles. The van der Waals surface area contributed by atoms with E-state index in [-0.39, 0.29) is 81.3 Å². The molecule has 1 unspecified atom stereocenters. The number of Topliss-reactive ketones (excluding diaryl/α,β-unsaturated/α-hetero) is 2. The number of rotatable bonds is 58. The van der Waals surface area contributed by atoms with E-state index in [1.54, 1.807) is 0 Å². The highest BCUT2D eigenvalue weighted by Gasteiger charge is 2.22. The van der Waals surface area contributed by atoms with Gasteiger partial charge in [-0.05, 0) is 48.3 Å². The monoisotopic (exact) mass is 1140 g/mol. The van der Waals surface area contributed by atoms with Crippen molar-refractivity contribution in [3.8, 4) is 0 Å². The lowest BCUT2D eigenvalue weighted by Gasteiger charge is -2.17. The van der Waals surface area contributed by atoms with Gasteiger partial charge in [-0.1, -0.05) is 48.9 Å². The quantitative estimate of drug-likeness (QED) is 0.0486. The summed E-state index contributed by atoms with van der Waals surface area (Å²) in [5, 5.41) is 13.0. The molecule has 0 radical (unpaired) electrons. The van der Waals surface area contributed by atoms with Crippen molar-refractivity contribution in [2.45, 2.75) is 58.3 Å². The van der Waals surface area contributed by atoms with Crippen molar-refractivity contribution in [2.24, 2.45) is 10.9 Å². The predicted molar refractivity (Wildman–Crippen MR) is 299 cm³/mol. The topological polar surface area (TPSA) is 254 Å². The van der Waals surface area contributed by atoms with Gasteiger partial charge in [0, 0.05) is 57.7 Å². The average molecular weight is 1140 g/mol. The van der Waals surface area contributed by atoms with E-state index in [0.717, 1.165) is 16.3 Å². The van der Waals surface area contributed by atoms with Crippen LogP contribution in [0.3, 0.4) is 0 Å². The molecule has 22 nitrogen and oxygen atoms in total. The summed E-state index contributed by atoms with van der Waals surface area (Å²) in [6.07, 6.45) is 2.84. The van der Waals surface area contributed by atoms with Crippen LogP contribution in [0.15, 0.2) is 47.5 Å². The molecule has 3 N–H and O–H groups in total. The highest BCUT2D eigenvalue weighted by molar-refractivity contribution is 7.78. The minimum absolute atomic E-state index is 0.0326. The molecule has 0 saturated carbocycles. The van der Waals surface area contributed by atoms with E-state index in [1.165, 1.54) is 6.92 Å². The molecule has 0 aliphatic rings. The van der Waals surface area contributed by atoms with E-state index in [4.69, 9.17) is 61.6 Å². The van der Waals surface area contributed by atoms with Gasteiger partial charge in [0.1, 0.15) is 11.6 Å². The Morgan fingerprint density at radius 2 is 0.873 bits per heavy atom. The Kier molecular flexibility index (Phi) is 47.6. The number of nitrogens with zero attached hydrogens (tertiary/aromatic N) is 1. The van der Waals surface area contributed by atoms with E-state index >= 15 is 0 Å². The molecule has 2 aromatic carbocycles. The zero-order valence-electron chi connectivity index (χ0n) is 46.7. The molecule has 0 heterocycles. The molecular formula is C56H90N4O18S. The number of amides is 3.